The number of hydrogen-bond acceptors (Lipinski definition) is 13. The van der Waals surface area contributed by atoms with E-state index in [9.17, 15) is 4.79 Å². The predicted octanol–water partition coefficient (Wildman–Crippen LogP) is -0.704. The third kappa shape index (κ3) is 5.07. The van der Waals surface area contributed by atoms with E-state index in [0.29, 0.717) is 74.7 Å². The molecule has 0 spiro atoms. The van der Waals surface area contributed by atoms with E-state index in [1.165, 1.54) is 0 Å². The fourth-order valence-corrected chi connectivity index (χ4v) is 5.32. The predicted molar refractivity (Wildman–Crippen MR) is 114 cm³/mol. The molecule has 4 aromatic heterocycles. The molecule has 4 N–H and O–H groups in total. The molecule has 1 aliphatic carbocycles. The van der Waals surface area contributed by atoms with E-state index in [1.807, 2.05) is 0 Å². The third-order valence-electron chi connectivity index (χ3n) is 7.14. The van der Waals surface area contributed by atoms with Crippen molar-refractivity contribution in [2.45, 2.75) is 70.6 Å². The van der Waals surface area contributed by atoms with Gasteiger partial charge in [0.2, 0.25) is 0 Å². The van der Waals surface area contributed by atoms with Gasteiger partial charge in [-0.2, -0.15) is 20.9 Å². The highest BCUT2D eigenvalue weighted by Gasteiger charge is 2.52. The number of carbonyl (C=O) groups excluding carboxylic acids is 1. The van der Waals surface area contributed by atoms with Gasteiger partial charge in [0.1, 0.15) is 5.78 Å². The Kier molecular flexibility index (Phi) is 6.53. The van der Waals surface area contributed by atoms with Crippen LogP contribution in [-0.2, 0) is 30.5 Å². The lowest BCUT2D eigenvalue weighted by Gasteiger charge is -2.47. The number of carbonyl (C=O) groups is 1. The van der Waals surface area contributed by atoms with Crippen LogP contribution in [0.3, 0.4) is 0 Å². The van der Waals surface area contributed by atoms with Crippen LogP contribution in [0.25, 0.3) is 0 Å². The molecule has 5 rings (SSSR count). The van der Waals surface area contributed by atoms with Crippen molar-refractivity contribution < 1.29 is 4.79 Å². The summed E-state index contributed by atoms with van der Waals surface area (Å²) in [5, 5.41) is 57.3. The SMILES string of the molecule is O=C1C(CCc2nn[nH]n2)(CCc2nn[nH]n2)CCCC1(CCc1nn[nH]n1)CCc1nn[nH]n1. The van der Waals surface area contributed by atoms with Crippen molar-refractivity contribution in [3.63, 3.8) is 0 Å². The normalized spacial score (nSPS) is 17.1. The van der Waals surface area contributed by atoms with E-state index in [2.05, 4.69) is 82.5 Å². The molecular formula is C18H26N16O. The summed E-state index contributed by atoms with van der Waals surface area (Å²) in [7, 11) is 0. The number of H-pyrrole nitrogens is 4. The van der Waals surface area contributed by atoms with Crippen LogP contribution in [0.15, 0.2) is 0 Å². The maximum Gasteiger partial charge on any atom is 0.174 e. The van der Waals surface area contributed by atoms with Crippen molar-refractivity contribution in [1.29, 1.82) is 0 Å². The van der Waals surface area contributed by atoms with Gasteiger partial charge in [-0.25, -0.2) is 0 Å². The highest BCUT2D eigenvalue weighted by molar-refractivity contribution is 5.91. The molecule has 0 atom stereocenters. The number of aromatic amines is 4. The first-order valence-corrected chi connectivity index (χ1v) is 11.6. The molecule has 184 valence electrons. The van der Waals surface area contributed by atoms with Crippen molar-refractivity contribution in [1.82, 2.24) is 82.5 Å². The zero-order valence-electron chi connectivity index (χ0n) is 19.1. The van der Waals surface area contributed by atoms with Crippen molar-refractivity contribution in [3.8, 4) is 0 Å². The van der Waals surface area contributed by atoms with Gasteiger partial charge >= 0.3 is 0 Å². The molecule has 0 amide bonds. The number of hydrogen-bond donors (Lipinski definition) is 4. The van der Waals surface area contributed by atoms with Crippen LogP contribution in [0.1, 0.15) is 68.2 Å². The van der Waals surface area contributed by atoms with Crippen LogP contribution in [0.2, 0.25) is 0 Å². The lowest BCUT2D eigenvalue weighted by Crippen LogP contribution is -2.48. The number of rotatable bonds is 12. The Labute approximate surface area is 198 Å². The van der Waals surface area contributed by atoms with Crippen molar-refractivity contribution in [3.05, 3.63) is 23.3 Å². The van der Waals surface area contributed by atoms with Crippen LogP contribution in [0.5, 0.6) is 0 Å². The molecule has 17 nitrogen and oxygen atoms in total. The van der Waals surface area contributed by atoms with Gasteiger partial charge in [-0.05, 0) is 38.5 Å². The van der Waals surface area contributed by atoms with E-state index in [1.54, 1.807) is 0 Å². The summed E-state index contributed by atoms with van der Waals surface area (Å²) in [4.78, 5) is 14.6. The van der Waals surface area contributed by atoms with Gasteiger partial charge in [-0.15, -0.1) is 40.8 Å². The van der Waals surface area contributed by atoms with E-state index in [-0.39, 0.29) is 5.78 Å². The van der Waals surface area contributed by atoms with E-state index in [0.717, 1.165) is 19.3 Å². The zero-order chi connectivity index (χ0) is 24.0. The van der Waals surface area contributed by atoms with Gasteiger partial charge in [0.15, 0.2) is 23.3 Å². The molecule has 4 heterocycles. The monoisotopic (exact) mass is 482 g/mol. The Morgan fingerprint density at radius 1 is 0.543 bits per heavy atom. The van der Waals surface area contributed by atoms with Gasteiger partial charge < -0.3 is 0 Å². The molecule has 1 fully saturated rings. The van der Waals surface area contributed by atoms with E-state index in [4.69, 9.17) is 0 Å². The summed E-state index contributed by atoms with van der Waals surface area (Å²) in [6.07, 6.45) is 7.04. The van der Waals surface area contributed by atoms with Gasteiger partial charge in [-0.3, -0.25) is 4.79 Å². The Morgan fingerprint density at radius 2 is 0.857 bits per heavy atom. The highest BCUT2D eigenvalue weighted by atomic mass is 16.1. The Balaban J connectivity index is 1.42. The van der Waals surface area contributed by atoms with Crippen LogP contribution < -0.4 is 0 Å². The quantitative estimate of drug-likeness (QED) is 0.195. The second-order valence-corrected chi connectivity index (χ2v) is 9.06. The van der Waals surface area contributed by atoms with Crippen molar-refractivity contribution >= 4 is 5.78 Å². The molecule has 4 aromatic rings. The molecule has 0 unspecified atom stereocenters. The molecule has 0 saturated heterocycles. The number of Topliss-reactive ketones (excluding diaryl/α,β-unsaturated/α-hetero) is 1. The van der Waals surface area contributed by atoms with Gasteiger partial charge in [0.25, 0.3) is 0 Å². The summed E-state index contributed by atoms with van der Waals surface area (Å²) >= 11 is 0. The summed E-state index contributed by atoms with van der Waals surface area (Å²) in [6.45, 7) is 0. The number of nitrogens with zero attached hydrogens (tertiary/aromatic N) is 12. The number of nitrogens with one attached hydrogen (secondary N) is 4. The second kappa shape index (κ2) is 10.1. The number of aryl methyl sites for hydroxylation is 4. The van der Waals surface area contributed by atoms with Crippen LogP contribution in [0, 0.1) is 10.8 Å². The first-order chi connectivity index (χ1) is 17.2. The largest absolute Gasteiger partial charge is 0.298 e. The third-order valence-corrected chi connectivity index (χ3v) is 7.14. The number of aromatic nitrogens is 16. The highest BCUT2D eigenvalue weighted by Crippen LogP contribution is 2.52. The first-order valence-electron chi connectivity index (χ1n) is 11.6. The molecular weight excluding hydrogens is 456 g/mol. The van der Waals surface area contributed by atoms with Crippen molar-refractivity contribution in [2.24, 2.45) is 10.8 Å². The lowest BCUT2D eigenvalue weighted by molar-refractivity contribution is -0.146. The topological polar surface area (TPSA) is 235 Å². The van der Waals surface area contributed by atoms with E-state index < -0.39 is 10.8 Å². The minimum atomic E-state index is -0.589. The van der Waals surface area contributed by atoms with Crippen LogP contribution in [-0.4, -0.2) is 88.3 Å². The molecule has 17 heteroatoms. The Hall–Kier alpha value is -4.05. The molecule has 1 saturated carbocycles. The summed E-state index contributed by atoms with van der Waals surface area (Å²) in [6, 6.07) is 0. The number of ketones is 1. The first kappa shape index (κ1) is 22.7. The standard InChI is InChI=1S/C18H26N16O/c35-16-17(8-2-12-19-27-28-20-12,9-3-13-21-29-30-22-13)6-1-7-18(16,10-4-14-23-31-32-24-14)11-5-15-25-33-34-26-15/h1-11H2,(H,19,20,27,28)(H,21,22,29,30)(H,23,24,31,32)(H,25,26,33,34). The van der Waals surface area contributed by atoms with Gasteiger partial charge in [-0.1, -0.05) is 27.3 Å². The van der Waals surface area contributed by atoms with Gasteiger partial charge in [0.05, 0.1) is 0 Å². The minimum absolute atomic E-state index is 0.232. The summed E-state index contributed by atoms with van der Waals surface area (Å²) < 4.78 is 0. The Morgan fingerprint density at radius 3 is 1.11 bits per heavy atom. The minimum Gasteiger partial charge on any atom is -0.298 e. The maximum absolute atomic E-state index is 14.6. The molecule has 0 radical (unpaired) electrons. The fourth-order valence-electron chi connectivity index (χ4n) is 5.32. The fraction of sp³-hybridized carbons (Fsp3) is 0.722. The zero-order valence-corrected chi connectivity index (χ0v) is 19.1. The van der Waals surface area contributed by atoms with Crippen LogP contribution in [0.4, 0.5) is 0 Å². The number of tetrazole rings is 4. The average Bonchev–Trinajstić information content (AvgIpc) is 3.70. The smallest absolute Gasteiger partial charge is 0.174 e. The molecule has 1 aliphatic rings. The second-order valence-electron chi connectivity index (χ2n) is 9.06. The van der Waals surface area contributed by atoms with Crippen molar-refractivity contribution in [2.75, 3.05) is 0 Å². The molecule has 35 heavy (non-hydrogen) atoms. The lowest BCUT2D eigenvalue weighted by atomic mass is 9.55. The molecule has 0 aliphatic heterocycles. The summed E-state index contributed by atoms with van der Waals surface area (Å²) in [5.74, 6) is 2.59. The molecule has 0 bridgehead atoms. The molecule has 0 aromatic carbocycles. The summed E-state index contributed by atoms with van der Waals surface area (Å²) in [5.41, 5.74) is -1.18. The van der Waals surface area contributed by atoms with Gasteiger partial charge in [0, 0.05) is 36.5 Å². The van der Waals surface area contributed by atoms with Crippen LogP contribution >= 0.6 is 0 Å². The maximum atomic E-state index is 14.6. The average molecular weight is 483 g/mol. The van der Waals surface area contributed by atoms with E-state index >= 15 is 0 Å². The Bertz CT molecular complexity index is 987.